The second-order valence-corrected chi connectivity index (χ2v) is 10.7. The summed E-state index contributed by atoms with van der Waals surface area (Å²) in [6.07, 6.45) is 4.67. The van der Waals surface area contributed by atoms with Crippen molar-refractivity contribution < 1.29 is 14.3 Å². The lowest BCUT2D eigenvalue weighted by molar-refractivity contribution is 0.103. The molecule has 4 rings (SSSR count). The van der Waals surface area contributed by atoms with Gasteiger partial charge in [0, 0.05) is 23.2 Å². The van der Waals surface area contributed by atoms with Gasteiger partial charge in [-0.2, -0.15) is 0 Å². The molecule has 0 aliphatic carbocycles. The minimum absolute atomic E-state index is 0.0258. The Labute approximate surface area is 224 Å². The van der Waals surface area contributed by atoms with Gasteiger partial charge in [-0.25, -0.2) is 4.39 Å². The molecule has 0 saturated carbocycles. The van der Waals surface area contributed by atoms with Gasteiger partial charge in [-0.15, -0.1) is 0 Å². The summed E-state index contributed by atoms with van der Waals surface area (Å²) in [5.74, 6) is -0.300. The fraction of sp³-hybridized carbons (Fsp3) is 0.387. The van der Waals surface area contributed by atoms with Crippen LogP contribution in [0.25, 0.3) is 11.1 Å². The maximum Gasteiger partial charge on any atom is 0.194 e. The zero-order valence-electron chi connectivity index (χ0n) is 21.9. The molecule has 0 bridgehead atoms. The van der Waals surface area contributed by atoms with Crippen LogP contribution in [0, 0.1) is 12.7 Å². The first kappa shape index (κ1) is 27.3. The molecule has 0 radical (unpaired) electrons. The van der Waals surface area contributed by atoms with Crippen LogP contribution in [0.15, 0.2) is 48.5 Å². The van der Waals surface area contributed by atoms with Crippen LogP contribution in [-0.2, 0) is 6.42 Å². The van der Waals surface area contributed by atoms with Crippen LogP contribution >= 0.6 is 11.6 Å². The first-order chi connectivity index (χ1) is 17.8. The number of aromatic hydroxyl groups is 1. The van der Waals surface area contributed by atoms with Crippen molar-refractivity contribution in [2.24, 2.45) is 0 Å². The van der Waals surface area contributed by atoms with Crippen molar-refractivity contribution >= 4 is 17.4 Å². The quantitative estimate of drug-likeness (QED) is 0.241. The van der Waals surface area contributed by atoms with E-state index in [-0.39, 0.29) is 23.3 Å². The highest BCUT2D eigenvalue weighted by Crippen LogP contribution is 2.43. The van der Waals surface area contributed by atoms with Crippen LogP contribution in [-0.4, -0.2) is 49.5 Å². The Bertz CT molecular complexity index is 1270. The van der Waals surface area contributed by atoms with Gasteiger partial charge in [-0.1, -0.05) is 41.9 Å². The number of aryl methyl sites for hydroxylation is 1. The van der Waals surface area contributed by atoms with E-state index in [1.54, 1.807) is 31.2 Å². The molecule has 1 aliphatic heterocycles. The molecule has 196 valence electrons. The molecular formula is C31H36ClFN2O2. The van der Waals surface area contributed by atoms with E-state index in [2.05, 4.69) is 30.4 Å². The van der Waals surface area contributed by atoms with E-state index in [1.807, 2.05) is 6.07 Å². The lowest BCUT2D eigenvalue weighted by Crippen LogP contribution is -2.29. The molecule has 37 heavy (non-hydrogen) atoms. The van der Waals surface area contributed by atoms with Crippen molar-refractivity contribution in [3.63, 3.8) is 0 Å². The Morgan fingerprint density at radius 3 is 2.65 bits per heavy atom. The Morgan fingerprint density at radius 1 is 1.16 bits per heavy atom. The summed E-state index contributed by atoms with van der Waals surface area (Å²) in [6.45, 7) is 4.49. The smallest absolute Gasteiger partial charge is 0.194 e. The number of nitrogens with zero attached hydrogens (tertiary/aromatic N) is 1. The van der Waals surface area contributed by atoms with Gasteiger partial charge in [-0.3, -0.25) is 4.79 Å². The summed E-state index contributed by atoms with van der Waals surface area (Å²) >= 11 is 7.19. The molecule has 3 aromatic carbocycles. The van der Waals surface area contributed by atoms with Gasteiger partial charge in [0.2, 0.25) is 0 Å². The number of phenolic OH excluding ortho intramolecular Hbond substituents is 1. The fourth-order valence-corrected chi connectivity index (χ4v) is 5.68. The molecule has 1 saturated heterocycles. The first-order valence-corrected chi connectivity index (χ1v) is 13.5. The second-order valence-electron chi connectivity index (χ2n) is 10.3. The Morgan fingerprint density at radius 2 is 1.95 bits per heavy atom. The first-order valence-electron chi connectivity index (χ1n) is 13.1. The number of benzene rings is 3. The summed E-state index contributed by atoms with van der Waals surface area (Å²) in [6, 6.07) is 13.4. The Kier molecular flexibility index (Phi) is 9.01. The number of hydrogen-bond donors (Lipinski definition) is 2. The Balaban J connectivity index is 1.95. The monoisotopic (exact) mass is 522 g/mol. The molecule has 1 aliphatic rings. The molecule has 3 aromatic rings. The van der Waals surface area contributed by atoms with Crippen molar-refractivity contribution in [2.45, 2.75) is 44.9 Å². The van der Waals surface area contributed by atoms with Gasteiger partial charge in [0.1, 0.15) is 11.6 Å². The summed E-state index contributed by atoms with van der Waals surface area (Å²) in [5, 5.41) is 14.1. The molecule has 6 heteroatoms. The summed E-state index contributed by atoms with van der Waals surface area (Å²) in [7, 11) is 4.11. The van der Waals surface area contributed by atoms with E-state index in [0.717, 1.165) is 56.4 Å². The molecule has 1 heterocycles. The van der Waals surface area contributed by atoms with E-state index in [9.17, 15) is 14.3 Å². The number of hydrogen-bond acceptors (Lipinski definition) is 4. The summed E-state index contributed by atoms with van der Waals surface area (Å²) in [5.41, 5.74) is 4.52. The minimum atomic E-state index is -0.332. The molecule has 0 aromatic heterocycles. The summed E-state index contributed by atoms with van der Waals surface area (Å²) in [4.78, 5) is 16.3. The third-order valence-electron chi connectivity index (χ3n) is 7.28. The molecule has 0 amide bonds. The average Bonchev–Trinajstić information content (AvgIpc) is 2.89. The summed E-state index contributed by atoms with van der Waals surface area (Å²) < 4.78 is 14.8. The highest BCUT2D eigenvalue weighted by molar-refractivity contribution is 6.36. The van der Waals surface area contributed by atoms with E-state index in [0.29, 0.717) is 39.3 Å². The third kappa shape index (κ3) is 6.23. The van der Waals surface area contributed by atoms with E-state index < -0.39 is 0 Å². The van der Waals surface area contributed by atoms with Gasteiger partial charge in [0.25, 0.3) is 0 Å². The normalized spacial score (nSPS) is 15.8. The van der Waals surface area contributed by atoms with Crippen LogP contribution in [0.3, 0.4) is 0 Å². The number of phenols is 1. The maximum absolute atomic E-state index is 14.8. The fourth-order valence-electron chi connectivity index (χ4n) is 5.27. The third-order valence-corrected chi connectivity index (χ3v) is 7.69. The van der Waals surface area contributed by atoms with Crippen LogP contribution in [0.4, 0.5) is 4.39 Å². The number of carbonyl (C=O) groups is 1. The number of ketones is 1. The highest BCUT2D eigenvalue weighted by atomic mass is 35.5. The van der Waals surface area contributed by atoms with Gasteiger partial charge in [-0.05, 0) is 113 Å². The molecule has 2 N–H and O–H groups in total. The SMILES string of the molecule is Cc1c(F)cccc1-c1c(Cl)c([C@@H]2CCCNC2)cc(CCCCN(C)C)c1C(=O)c1cccc(O)c1. The molecule has 0 spiro atoms. The molecule has 1 fully saturated rings. The standard InChI is InChI=1S/C31H36ClFN2O2/c1-20-25(13-7-14-27(20)33)29-28(31(37)22-10-6-12-24(36)17-22)21(9-4-5-16-35(2)3)18-26(30(29)32)23-11-8-15-34-19-23/h6-7,10,12-14,17-18,23,34,36H,4-5,8-9,11,15-16,19H2,1-3H3/t23-/m1/s1. The van der Waals surface area contributed by atoms with Gasteiger partial charge >= 0.3 is 0 Å². The van der Waals surface area contributed by atoms with Crippen molar-refractivity contribution in [1.29, 1.82) is 0 Å². The van der Waals surface area contributed by atoms with Crippen molar-refractivity contribution in [2.75, 3.05) is 33.7 Å². The van der Waals surface area contributed by atoms with Crippen molar-refractivity contribution in [3.05, 3.63) is 87.2 Å². The number of halogens is 2. The number of nitrogens with one attached hydrogen (secondary N) is 1. The van der Waals surface area contributed by atoms with Crippen molar-refractivity contribution in [3.8, 4) is 16.9 Å². The maximum atomic E-state index is 14.8. The highest BCUT2D eigenvalue weighted by Gasteiger charge is 2.28. The zero-order chi connectivity index (χ0) is 26.5. The van der Waals surface area contributed by atoms with E-state index >= 15 is 0 Å². The molecular weight excluding hydrogens is 487 g/mol. The number of carbonyl (C=O) groups excluding carboxylic acids is 1. The average molecular weight is 523 g/mol. The molecule has 4 nitrogen and oxygen atoms in total. The van der Waals surface area contributed by atoms with Crippen LogP contribution < -0.4 is 5.32 Å². The number of piperidine rings is 1. The predicted molar refractivity (Wildman–Crippen MR) is 149 cm³/mol. The van der Waals surface area contributed by atoms with Gasteiger partial charge in [0.05, 0.1) is 5.02 Å². The van der Waals surface area contributed by atoms with Crippen LogP contribution in [0.5, 0.6) is 5.75 Å². The van der Waals surface area contributed by atoms with Crippen LogP contribution in [0.1, 0.15) is 64.2 Å². The molecule has 0 unspecified atom stereocenters. The largest absolute Gasteiger partial charge is 0.508 e. The zero-order valence-corrected chi connectivity index (χ0v) is 22.7. The van der Waals surface area contributed by atoms with E-state index in [1.165, 1.54) is 12.1 Å². The second kappa shape index (κ2) is 12.2. The predicted octanol–water partition coefficient (Wildman–Crippen LogP) is 6.74. The topological polar surface area (TPSA) is 52.6 Å². The Hall–Kier alpha value is -2.73. The lowest BCUT2D eigenvalue weighted by atomic mass is 9.81. The van der Waals surface area contributed by atoms with Crippen molar-refractivity contribution in [1.82, 2.24) is 10.2 Å². The lowest BCUT2D eigenvalue weighted by Gasteiger charge is -2.28. The van der Waals surface area contributed by atoms with Gasteiger partial charge in [0.15, 0.2) is 5.78 Å². The van der Waals surface area contributed by atoms with E-state index in [4.69, 9.17) is 11.6 Å². The number of unbranched alkanes of at least 4 members (excludes halogenated alkanes) is 1. The van der Waals surface area contributed by atoms with Gasteiger partial charge < -0.3 is 15.3 Å². The number of rotatable bonds is 9. The minimum Gasteiger partial charge on any atom is -0.508 e. The van der Waals surface area contributed by atoms with Crippen LogP contribution in [0.2, 0.25) is 5.02 Å². The molecule has 1 atom stereocenters.